The van der Waals surface area contributed by atoms with Crippen molar-refractivity contribution in [3.8, 4) is 0 Å². The minimum Gasteiger partial charge on any atom is -0.319 e. The standard InChI is InChI=1S/C14H21N3/c1-9-12-7-10(8-15-2)3-6-13(12)17-14(16-9)11-4-5-11/h10-11,15H,3-8H2,1-2H3. The average molecular weight is 231 g/mol. The number of hydrogen-bond donors (Lipinski definition) is 1. The van der Waals surface area contributed by atoms with E-state index in [0.717, 1.165) is 31.1 Å². The SMILES string of the molecule is CNCC1CCc2nc(C3CC3)nc(C)c2C1. The number of aryl methyl sites for hydroxylation is 2. The Bertz CT molecular complexity index is 424. The summed E-state index contributed by atoms with van der Waals surface area (Å²) in [5.41, 5.74) is 4.00. The smallest absolute Gasteiger partial charge is 0.131 e. The van der Waals surface area contributed by atoms with Gasteiger partial charge in [-0.05, 0) is 64.1 Å². The second kappa shape index (κ2) is 4.37. The molecule has 0 bridgehead atoms. The van der Waals surface area contributed by atoms with Gasteiger partial charge >= 0.3 is 0 Å². The van der Waals surface area contributed by atoms with Gasteiger partial charge in [-0.25, -0.2) is 9.97 Å². The van der Waals surface area contributed by atoms with Crippen molar-refractivity contribution in [1.82, 2.24) is 15.3 Å². The lowest BCUT2D eigenvalue weighted by Crippen LogP contribution is -2.26. The van der Waals surface area contributed by atoms with E-state index in [-0.39, 0.29) is 0 Å². The van der Waals surface area contributed by atoms with Gasteiger partial charge in [0.05, 0.1) is 0 Å². The molecule has 1 aromatic rings. The largest absolute Gasteiger partial charge is 0.319 e. The molecule has 1 N–H and O–H groups in total. The Balaban J connectivity index is 1.87. The highest BCUT2D eigenvalue weighted by molar-refractivity contribution is 5.29. The normalized spacial score (nSPS) is 23.5. The molecule has 0 radical (unpaired) electrons. The van der Waals surface area contributed by atoms with Crippen LogP contribution in [0.4, 0.5) is 0 Å². The molecule has 1 saturated carbocycles. The van der Waals surface area contributed by atoms with Crippen molar-refractivity contribution in [1.29, 1.82) is 0 Å². The Labute approximate surface area is 103 Å². The van der Waals surface area contributed by atoms with E-state index in [2.05, 4.69) is 12.2 Å². The maximum atomic E-state index is 4.80. The lowest BCUT2D eigenvalue weighted by atomic mass is 9.85. The first kappa shape index (κ1) is 11.1. The molecule has 1 atom stereocenters. The van der Waals surface area contributed by atoms with Crippen molar-refractivity contribution in [2.24, 2.45) is 5.92 Å². The third kappa shape index (κ3) is 2.21. The van der Waals surface area contributed by atoms with Crippen LogP contribution in [0, 0.1) is 12.8 Å². The van der Waals surface area contributed by atoms with Gasteiger partial charge in [-0.3, -0.25) is 0 Å². The minimum atomic E-state index is 0.675. The number of hydrogen-bond acceptors (Lipinski definition) is 3. The molecule has 2 aliphatic carbocycles. The zero-order chi connectivity index (χ0) is 11.8. The van der Waals surface area contributed by atoms with Gasteiger partial charge in [0.2, 0.25) is 0 Å². The third-order valence-corrected chi connectivity index (χ3v) is 4.03. The lowest BCUT2D eigenvalue weighted by Gasteiger charge is -2.25. The fraction of sp³-hybridized carbons (Fsp3) is 0.714. The van der Waals surface area contributed by atoms with Crippen LogP contribution in [0.1, 0.15) is 48.0 Å². The maximum Gasteiger partial charge on any atom is 0.131 e. The van der Waals surface area contributed by atoms with E-state index in [1.54, 1.807) is 0 Å². The number of aromatic nitrogens is 2. The molecule has 92 valence electrons. The predicted octanol–water partition coefficient (Wildman–Crippen LogP) is 1.99. The van der Waals surface area contributed by atoms with Crippen LogP contribution >= 0.6 is 0 Å². The quantitative estimate of drug-likeness (QED) is 0.864. The van der Waals surface area contributed by atoms with Crippen LogP contribution in [0.2, 0.25) is 0 Å². The Morgan fingerprint density at radius 3 is 2.76 bits per heavy atom. The highest BCUT2D eigenvalue weighted by Gasteiger charge is 2.29. The van der Waals surface area contributed by atoms with Gasteiger partial charge in [0.1, 0.15) is 5.82 Å². The molecular formula is C14H21N3. The summed E-state index contributed by atoms with van der Waals surface area (Å²) >= 11 is 0. The molecule has 1 fully saturated rings. The molecule has 0 saturated heterocycles. The fourth-order valence-corrected chi connectivity index (χ4v) is 2.87. The number of nitrogens with one attached hydrogen (secondary N) is 1. The molecule has 0 spiro atoms. The summed E-state index contributed by atoms with van der Waals surface area (Å²) in [6.45, 7) is 3.28. The highest BCUT2D eigenvalue weighted by atomic mass is 14.9. The Morgan fingerprint density at radius 1 is 1.24 bits per heavy atom. The van der Waals surface area contributed by atoms with Crippen LogP contribution < -0.4 is 5.32 Å². The molecule has 17 heavy (non-hydrogen) atoms. The van der Waals surface area contributed by atoms with Crippen molar-refractivity contribution in [2.75, 3.05) is 13.6 Å². The first-order valence-corrected chi connectivity index (χ1v) is 6.79. The van der Waals surface area contributed by atoms with Gasteiger partial charge in [-0.15, -0.1) is 0 Å². The lowest BCUT2D eigenvalue weighted by molar-refractivity contribution is 0.431. The average Bonchev–Trinajstić information content (AvgIpc) is 3.14. The van der Waals surface area contributed by atoms with Crippen LogP contribution in [-0.2, 0) is 12.8 Å². The minimum absolute atomic E-state index is 0.675. The molecule has 1 unspecified atom stereocenters. The Morgan fingerprint density at radius 2 is 2.06 bits per heavy atom. The van der Waals surface area contributed by atoms with E-state index in [4.69, 9.17) is 9.97 Å². The predicted molar refractivity (Wildman–Crippen MR) is 68.2 cm³/mol. The third-order valence-electron chi connectivity index (χ3n) is 4.03. The topological polar surface area (TPSA) is 37.8 Å². The zero-order valence-electron chi connectivity index (χ0n) is 10.8. The first-order chi connectivity index (χ1) is 8.28. The van der Waals surface area contributed by atoms with Gasteiger partial charge in [0, 0.05) is 17.3 Å². The van der Waals surface area contributed by atoms with Crippen LogP contribution in [0.3, 0.4) is 0 Å². The van der Waals surface area contributed by atoms with Gasteiger partial charge in [-0.2, -0.15) is 0 Å². The second-order valence-electron chi connectivity index (χ2n) is 5.53. The summed E-state index contributed by atoms with van der Waals surface area (Å²) in [5.74, 6) is 2.56. The van der Waals surface area contributed by atoms with Gasteiger partial charge in [0.25, 0.3) is 0 Å². The monoisotopic (exact) mass is 231 g/mol. The van der Waals surface area contributed by atoms with Crippen molar-refractivity contribution < 1.29 is 0 Å². The fourth-order valence-electron chi connectivity index (χ4n) is 2.87. The van der Waals surface area contributed by atoms with E-state index in [0.29, 0.717) is 5.92 Å². The van der Waals surface area contributed by atoms with E-state index in [1.165, 1.54) is 36.2 Å². The van der Waals surface area contributed by atoms with Gasteiger partial charge in [-0.1, -0.05) is 0 Å². The van der Waals surface area contributed by atoms with E-state index >= 15 is 0 Å². The maximum absolute atomic E-state index is 4.80. The van der Waals surface area contributed by atoms with Crippen molar-refractivity contribution in [2.45, 2.75) is 44.9 Å². The molecule has 0 aliphatic heterocycles. The summed E-state index contributed by atoms with van der Waals surface area (Å²) < 4.78 is 0. The van der Waals surface area contributed by atoms with E-state index < -0.39 is 0 Å². The Hall–Kier alpha value is -0.960. The van der Waals surface area contributed by atoms with Crippen LogP contribution in [0.25, 0.3) is 0 Å². The van der Waals surface area contributed by atoms with E-state index in [1.807, 2.05) is 7.05 Å². The van der Waals surface area contributed by atoms with Crippen molar-refractivity contribution in [3.63, 3.8) is 0 Å². The number of nitrogens with zero attached hydrogens (tertiary/aromatic N) is 2. The number of rotatable bonds is 3. The summed E-state index contributed by atoms with van der Waals surface area (Å²) in [6.07, 6.45) is 6.16. The van der Waals surface area contributed by atoms with Gasteiger partial charge in [0.15, 0.2) is 0 Å². The zero-order valence-corrected chi connectivity index (χ0v) is 10.8. The molecule has 3 heteroatoms. The molecule has 0 aromatic carbocycles. The summed E-state index contributed by atoms with van der Waals surface area (Å²) in [7, 11) is 2.04. The van der Waals surface area contributed by atoms with Gasteiger partial charge < -0.3 is 5.32 Å². The first-order valence-electron chi connectivity index (χ1n) is 6.79. The summed E-state index contributed by atoms with van der Waals surface area (Å²) in [6, 6.07) is 0. The van der Waals surface area contributed by atoms with Crippen molar-refractivity contribution >= 4 is 0 Å². The van der Waals surface area contributed by atoms with Crippen LogP contribution in [-0.4, -0.2) is 23.6 Å². The Kier molecular flexibility index (Phi) is 2.87. The molecule has 0 amide bonds. The molecule has 3 nitrogen and oxygen atoms in total. The highest BCUT2D eigenvalue weighted by Crippen LogP contribution is 2.39. The van der Waals surface area contributed by atoms with Crippen molar-refractivity contribution in [3.05, 3.63) is 22.8 Å². The van der Waals surface area contributed by atoms with Crippen LogP contribution in [0.15, 0.2) is 0 Å². The molecule has 2 aliphatic rings. The molecule has 3 rings (SSSR count). The molecule has 1 heterocycles. The second-order valence-corrected chi connectivity index (χ2v) is 5.53. The number of fused-ring (bicyclic) bond motifs is 1. The molecular weight excluding hydrogens is 210 g/mol. The summed E-state index contributed by atoms with van der Waals surface area (Å²) in [4.78, 5) is 9.51. The van der Waals surface area contributed by atoms with Crippen LogP contribution in [0.5, 0.6) is 0 Å². The molecule has 1 aromatic heterocycles. The summed E-state index contributed by atoms with van der Waals surface area (Å²) in [5, 5.41) is 3.29. The van der Waals surface area contributed by atoms with E-state index in [9.17, 15) is 0 Å².